The number of benzene rings is 4. The lowest BCUT2D eigenvalue weighted by atomic mass is 9.97. The fourth-order valence-corrected chi connectivity index (χ4v) is 7.03. The molecule has 52 heavy (non-hydrogen) atoms. The molecule has 1 amide bonds. The highest BCUT2D eigenvalue weighted by atomic mass is 19.2. The number of carbonyl (C=O) groups is 1. The predicted molar refractivity (Wildman–Crippen MR) is 178 cm³/mol. The Morgan fingerprint density at radius 3 is 2.06 bits per heavy atom. The van der Waals surface area contributed by atoms with Crippen molar-refractivity contribution in [2.24, 2.45) is 0 Å². The molecule has 3 fully saturated rings. The lowest BCUT2D eigenvalue weighted by molar-refractivity contribution is -0.255. The zero-order chi connectivity index (χ0) is 36.4. The number of ether oxygens (including phenoxy) is 4. The molecule has 8 nitrogen and oxygen atoms in total. The lowest BCUT2D eigenvalue weighted by Gasteiger charge is -2.41. The third-order valence-corrected chi connectivity index (χ3v) is 9.90. The predicted octanol–water partition coefficient (Wildman–Crippen LogP) is 6.86. The van der Waals surface area contributed by atoms with Gasteiger partial charge in [-0.3, -0.25) is 4.79 Å². The average molecular weight is 725 g/mol. The molecule has 3 aliphatic heterocycles. The maximum Gasteiger partial charge on any atom is 0.257 e. The number of piperidine rings is 1. The van der Waals surface area contributed by atoms with Crippen molar-refractivity contribution in [3.05, 3.63) is 130 Å². The molecule has 1 spiro atoms. The van der Waals surface area contributed by atoms with E-state index in [0.29, 0.717) is 37.3 Å². The standard InChI is InChI=1S/C39H37F5N2O6/c40-32-31(33(41)35(43)36(44)34(32)42)37(48)45-20-27-3-1-2-4-29(27)24-9-11-26(12-10-24)38-51-28(19-30(52-38)25-7-5-23(22-47)6-8-25)21-46-15-13-39(14-16-46)49-17-18-50-39/h1-12,28,30,38,47H,13-22H2,(H,45,48)/t28-,30+,38+/m0/s1. The van der Waals surface area contributed by atoms with Crippen molar-refractivity contribution < 1.29 is 50.8 Å². The van der Waals surface area contributed by atoms with E-state index in [2.05, 4.69) is 10.2 Å². The van der Waals surface area contributed by atoms with Gasteiger partial charge in [0.2, 0.25) is 5.82 Å². The Kier molecular flexibility index (Phi) is 10.7. The van der Waals surface area contributed by atoms with E-state index in [0.717, 1.165) is 48.2 Å². The fourth-order valence-electron chi connectivity index (χ4n) is 7.03. The minimum absolute atomic E-state index is 0.0583. The molecular formula is C39H37F5N2O6. The molecule has 7 rings (SSSR count). The van der Waals surface area contributed by atoms with Gasteiger partial charge in [-0.1, -0.05) is 72.8 Å². The number of hydrogen-bond donors (Lipinski definition) is 2. The van der Waals surface area contributed by atoms with E-state index in [1.165, 1.54) is 0 Å². The van der Waals surface area contributed by atoms with Crippen LogP contribution in [0.3, 0.4) is 0 Å². The molecular weight excluding hydrogens is 687 g/mol. The molecule has 274 valence electrons. The van der Waals surface area contributed by atoms with Crippen LogP contribution in [-0.2, 0) is 32.1 Å². The molecule has 0 saturated carbocycles. The highest BCUT2D eigenvalue weighted by Gasteiger charge is 2.41. The molecule has 2 N–H and O–H groups in total. The molecule has 0 bridgehead atoms. The van der Waals surface area contributed by atoms with E-state index < -0.39 is 52.6 Å². The minimum atomic E-state index is -2.34. The summed E-state index contributed by atoms with van der Waals surface area (Å²) in [6, 6.07) is 22.1. The van der Waals surface area contributed by atoms with Crippen molar-refractivity contribution in [1.29, 1.82) is 0 Å². The van der Waals surface area contributed by atoms with Crippen LogP contribution < -0.4 is 5.32 Å². The quantitative estimate of drug-likeness (QED) is 0.111. The Morgan fingerprint density at radius 2 is 1.40 bits per heavy atom. The van der Waals surface area contributed by atoms with Gasteiger partial charge in [-0.05, 0) is 27.8 Å². The lowest BCUT2D eigenvalue weighted by Crippen LogP contribution is -2.48. The molecule has 4 aromatic carbocycles. The molecule has 3 aliphatic rings. The van der Waals surface area contributed by atoms with Crippen molar-refractivity contribution in [3.63, 3.8) is 0 Å². The van der Waals surface area contributed by atoms with Gasteiger partial charge in [0.25, 0.3) is 5.91 Å². The van der Waals surface area contributed by atoms with Gasteiger partial charge >= 0.3 is 0 Å². The first kappa shape index (κ1) is 36.1. The second kappa shape index (κ2) is 15.4. The van der Waals surface area contributed by atoms with Crippen molar-refractivity contribution in [1.82, 2.24) is 10.2 Å². The topological polar surface area (TPSA) is 89.5 Å². The average Bonchev–Trinajstić information content (AvgIpc) is 3.64. The number of hydrogen-bond acceptors (Lipinski definition) is 7. The van der Waals surface area contributed by atoms with Gasteiger partial charge in [0.1, 0.15) is 5.56 Å². The maximum absolute atomic E-state index is 14.2. The first-order chi connectivity index (χ1) is 25.1. The van der Waals surface area contributed by atoms with Crippen molar-refractivity contribution in [2.45, 2.75) is 56.7 Å². The van der Waals surface area contributed by atoms with Gasteiger partial charge in [0.15, 0.2) is 35.3 Å². The van der Waals surface area contributed by atoms with Crippen LogP contribution in [0.2, 0.25) is 0 Å². The fraction of sp³-hybridized carbons (Fsp3) is 0.359. The number of rotatable bonds is 9. The van der Waals surface area contributed by atoms with Gasteiger partial charge in [-0.25, -0.2) is 22.0 Å². The number of amides is 1. The van der Waals surface area contributed by atoms with Gasteiger partial charge in [0, 0.05) is 51.0 Å². The summed E-state index contributed by atoms with van der Waals surface area (Å²) in [6.07, 6.45) is 1.10. The summed E-state index contributed by atoms with van der Waals surface area (Å²) in [4.78, 5) is 15.0. The summed E-state index contributed by atoms with van der Waals surface area (Å²) in [6.45, 7) is 3.26. The Hall–Kier alpha value is -4.24. The van der Waals surface area contributed by atoms with Crippen LogP contribution in [0.1, 0.15) is 64.3 Å². The number of aliphatic hydroxyl groups is 1. The van der Waals surface area contributed by atoms with Crippen molar-refractivity contribution in [2.75, 3.05) is 32.8 Å². The third-order valence-electron chi connectivity index (χ3n) is 9.90. The van der Waals surface area contributed by atoms with Gasteiger partial charge in [0.05, 0.1) is 32.0 Å². The van der Waals surface area contributed by atoms with Gasteiger partial charge < -0.3 is 34.3 Å². The highest BCUT2D eigenvalue weighted by Crippen LogP contribution is 2.40. The molecule has 3 heterocycles. The highest BCUT2D eigenvalue weighted by molar-refractivity contribution is 5.95. The third kappa shape index (κ3) is 7.47. The van der Waals surface area contributed by atoms with Crippen LogP contribution in [0.4, 0.5) is 22.0 Å². The number of likely N-dealkylation sites (tertiary alicyclic amines) is 1. The summed E-state index contributed by atoms with van der Waals surface area (Å²) in [5, 5.41) is 11.8. The zero-order valence-electron chi connectivity index (χ0n) is 28.1. The van der Waals surface area contributed by atoms with E-state index in [1.54, 1.807) is 24.3 Å². The summed E-state index contributed by atoms with van der Waals surface area (Å²) in [7, 11) is 0. The second-order valence-corrected chi connectivity index (χ2v) is 13.2. The van der Waals surface area contributed by atoms with Crippen molar-refractivity contribution in [3.8, 4) is 11.1 Å². The number of nitrogens with zero attached hydrogens (tertiary/aromatic N) is 1. The largest absolute Gasteiger partial charge is 0.392 e. The summed E-state index contributed by atoms with van der Waals surface area (Å²) in [5.41, 5.74) is 2.96. The molecule has 4 aromatic rings. The van der Waals surface area contributed by atoms with Crippen LogP contribution in [0.5, 0.6) is 0 Å². The Labute approximate surface area is 297 Å². The molecule has 3 saturated heterocycles. The number of carbonyl (C=O) groups excluding carboxylic acids is 1. The van der Waals surface area contributed by atoms with Crippen molar-refractivity contribution >= 4 is 5.91 Å². The van der Waals surface area contributed by atoms with Crippen LogP contribution >= 0.6 is 0 Å². The number of aliphatic hydroxyl groups excluding tert-OH is 1. The molecule has 0 unspecified atom stereocenters. The second-order valence-electron chi connectivity index (χ2n) is 13.2. The van der Waals surface area contributed by atoms with E-state index >= 15 is 0 Å². The molecule has 0 aliphatic carbocycles. The van der Waals surface area contributed by atoms with E-state index in [-0.39, 0.29) is 25.4 Å². The Balaban J connectivity index is 1.07. The minimum Gasteiger partial charge on any atom is -0.392 e. The van der Waals surface area contributed by atoms with Crippen LogP contribution in [-0.4, -0.2) is 60.7 Å². The maximum atomic E-state index is 14.2. The van der Waals surface area contributed by atoms with Crippen LogP contribution in [0, 0.1) is 29.1 Å². The van der Waals surface area contributed by atoms with E-state index in [1.807, 2.05) is 48.5 Å². The molecule has 3 atom stereocenters. The summed E-state index contributed by atoms with van der Waals surface area (Å²) in [5.74, 6) is -13.0. The number of nitrogens with one attached hydrogen (secondary N) is 1. The molecule has 0 aromatic heterocycles. The Bertz CT molecular complexity index is 1870. The van der Waals surface area contributed by atoms with E-state index in [4.69, 9.17) is 18.9 Å². The summed E-state index contributed by atoms with van der Waals surface area (Å²) < 4.78 is 94.3. The Morgan fingerprint density at radius 1 is 0.788 bits per heavy atom. The van der Waals surface area contributed by atoms with E-state index in [9.17, 15) is 31.9 Å². The zero-order valence-corrected chi connectivity index (χ0v) is 28.1. The van der Waals surface area contributed by atoms with Gasteiger partial charge in [-0.15, -0.1) is 0 Å². The SMILES string of the molecule is O=C(NCc1ccccc1-c1ccc([C@@H]2O[C@H](CN3CCC4(CC3)OCCO4)C[C@H](c3ccc(CO)cc3)O2)cc1)c1c(F)c(F)c(F)c(F)c1F. The molecule has 13 heteroatoms. The smallest absolute Gasteiger partial charge is 0.257 e. The monoisotopic (exact) mass is 724 g/mol. The normalized spacial score (nSPS) is 21.8. The molecule has 0 radical (unpaired) electrons. The first-order valence-electron chi connectivity index (χ1n) is 17.1. The first-order valence-corrected chi connectivity index (χ1v) is 17.1. The summed E-state index contributed by atoms with van der Waals surface area (Å²) >= 11 is 0. The number of halogens is 5. The van der Waals surface area contributed by atoms with Crippen LogP contribution in [0.25, 0.3) is 11.1 Å². The van der Waals surface area contributed by atoms with Crippen LogP contribution in [0.15, 0.2) is 72.8 Å². The van der Waals surface area contributed by atoms with Gasteiger partial charge in [-0.2, -0.15) is 0 Å².